The van der Waals surface area contributed by atoms with E-state index in [1.165, 1.54) is 0 Å². The van der Waals surface area contributed by atoms with E-state index in [0.717, 1.165) is 12.2 Å². The van der Waals surface area contributed by atoms with E-state index in [2.05, 4.69) is 13.8 Å². The summed E-state index contributed by atoms with van der Waals surface area (Å²) >= 11 is 0. The van der Waals surface area contributed by atoms with Gasteiger partial charge in [-0.1, -0.05) is 13.8 Å². The summed E-state index contributed by atoms with van der Waals surface area (Å²) < 4.78 is 5.49. The molecule has 1 aromatic rings. The Morgan fingerprint density at radius 1 is 1.27 bits per heavy atom. The molecule has 84 valence electrons. The van der Waals surface area contributed by atoms with Gasteiger partial charge in [-0.05, 0) is 36.6 Å². The first-order chi connectivity index (χ1) is 7.08. The molecule has 0 aromatic heterocycles. The van der Waals surface area contributed by atoms with Crippen LogP contribution in [0.4, 0.5) is 0 Å². The Morgan fingerprint density at radius 3 is 2.40 bits per heavy atom. The normalized spacial score (nSPS) is 12.8. The van der Waals surface area contributed by atoms with Crippen molar-refractivity contribution >= 4 is 0 Å². The Hall–Kier alpha value is -1.22. The van der Waals surface area contributed by atoms with Gasteiger partial charge in [0, 0.05) is 6.04 Å². The SMILES string of the molecule is CC(C)CC(N)COc1ccc(O)cc1. The molecule has 0 aliphatic heterocycles. The quantitative estimate of drug-likeness (QED) is 0.781. The van der Waals surface area contributed by atoms with Crippen molar-refractivity contribution in [3.05, 3.63) is 24.3 Å². The molecule has 0 fully saturated rings. The summed E-state index contributed by atoms with van der Waals surface area (Å²) in [7, 11) is 0. The van der Waals surface area contributed by atoms with Crippen LogP contribution in [-0.4, -0.2) is 17.8 Å². The highest BCUT2D eigenvalue weighted by atomic mass is 16.5. The van der Waals surface area contributed by atoms with E-state index < -0.39 is 0 Å². The van der Waals surface area contributed by atoms with Crippen molar-refractivity contribution in [3.63, 3.8) is 0 Å². The summed E-state index contributed by atoms with van der Waals surface area (Å²) in [6.45, 7) is 4.80. The van der Waals surface area contributed by atoms with Gasteiger partial charge in [0.2, 0.25) is 0 Å². The molecule has 0 aliphatic carbocycles. The van der Waals surface area contributed by atoms with Crippen molar-refractivity contribution < 1.29 is 9.84 Å². The first-order valence-electron chi connectivity index (χ1n) is 5.25. The first-order valence-corrected chi connectivity index (χ1v) is 5.25. The average Bonchev–Trinajstić information content (AvgIpc) is 2.16. The molecule has 3 N–H and O–H groups in total. The van der Waals surface area contributed by atoms with E-state index in [-0.39, 0.29) is 11.8 Å². The molecule has 0 heterocycles. The zero-order chi connectivity index (χ0) is 11.3. The van der Waals surface area contributed by atoms with Crippen LogP contribution < -0.4 is 10.5 Å². The fraction of sp³-hybridized carbons (Fsp3) is 0.500. The van der Waals surface area contributed by atoms with Crippen molar-refractivity contribution in [2.45, 2.75) is 26.3 Å². The van der Waals surface area contributed by atoms with Gasteiger partial charge in [-0.3, -0.25) is 0 Å². The van der Waals surface area contributed by atoms with Crippen LogP contribution in [-0.2, 0) is 0 Å². The number of hydrogen-bond donors (Lipinski definition) is 2. The standard InChI is InChI=1S/C12H19NO2/c1-9(2)7-10(13)8-15-12-5-3-11(14)4-6-12/h3-6,9-10,14H,7-8,13H2,1-2H3. The molecule has 0 amide bonds. The summed E-state index contributed by atoms with van der Waals surface area (Å²) in [4.78, 5) is 0. The van der Waals surface area contributed by atoms with Crippen LogP contribution >= 0.6 is 0 Å². The maximum absolute atomic E-state index is 9.07. The van der Waals surface area contributed by atoms with Crippen LogP contribution in [0, 0.1) is 5.92 Å². The molecular formula is C12H19NO2. The summed E-state index contributed by atoms with van der Waals surface area (Å²) in [5.41, 5.74) is 5.88. The minimum Gasteiger partial charge on any atom is -0.508 e. The molecule has 15 heavy (non-hydrogen) atoms. The second kappa shape index (κ2) is 5.61. The van der Waals surface area contributed by atoms with Gasteiger partial charge in [-0.15, -0.1) is 0 Å². The third-order valence-corrected chi connectivity index (χ3v) is 2.07. The van der Waals surface area contributed by atoms with E-state index in [4.69, 9.17) is 15.6 Å². The molecule has 1 unspecified atom stereocenters. The molecule has 0 bridgehead atoms. The zero-order valence-electron chi connectivity index (χ0n) is 9.31. The van der Waals surface area contributed by atoms with Crippen molar-refractivity contribution in [1.29, 1.82) is 0 Å². The average molecular weight is 209 g/mol. The predicted octanol–water partition coefficient (Wildman–Crippen LogP) is 2.14. The fourth-order valence-corrected chi connectivity index (χ4v) is 1.42. The smallest absolute Gasteiger partial charge is 0.119 e. The molecule has 1 aromatic carbocycles. The lowest BCUT2D eigenvalue weighted by molar-refractivity contribution is 0.270. The summed E-state index contributed by atoms with van der Waals surface area (Å²) in [5.74, 6) is 1.57. The number of nitrogens with two attached hydrogens (primary N) is 1. The molecule has 0 spiro atoms. The number of ether oxygens (including phenoxy) is 1. The van der Waals surface area contributed by atoms with Gasteiger partial charge in [0.15, 0.2) is 0 Å². The molecule has 0 radical (unpaired) electrons. The molecule has 3 nitrogen and oxygen atoms in total. The highest BCUT2D eigenvalue weighted by Crippen LogP contribution is 2.16. The number of hydrogen-bond acceptors (Lipinski definition) is 3. The Labute approximate surface area is 90.9 Å². The lowest BCUT2D eigenvalue weighted by Crippen LogP contribution is -2.29. The summed E-state index contributed by atoms with van der Waals surface area (Å²) in [6, 6.07) is 6.74. The molecule has 1 atom stereocenters. The van der Waals surface area contributed by atoms with Crippen molar-refractivity contribution in [2.75, 3.05) is 6.61 Å². The van der Waals surface area contributed by atoms with Crippen LogP contribution in [0.3, 0.4) is 0 Å². The predicted molar refractivity (Wildman–Crippen MR) is 61.0 cm³/mol. The lowest BCUT2D eigenvalue weighted by atomic mass is 10.1. The van der Waals surface area contributed by atoms with Crippen molar-refractivity contribution in [2.24, 2.45) is 11.7 Å². The van der Waals surface area contributed by atoms with Crippen LogP contribution in [0.15, 0.2) is 24.3 Å². The van der Waals surface area contributed by atoms with Gasteiger partial charge in [-0.25, -0.2) is 0 Å². The number of benzene rings is 1. The van der Waals surface area contributed by atoms with E-state index in [0.29, 0.717) is 12.5 Å². The van der Waals surface area contributed by atoms with Gasteiger partial charge < -0.3 is 15.6 Å². The fourth-order valence-electron chi connectivity index (χ4n) is 1.42. The lowest BCUT2D eigenvalue weighted by Gasteiger charge is -2.14. The maximum atomic E-state index is 9.07. The van der Waals surface area contributed by atoms with Gasteiger partial charge >= 0.3 is 0 Å². The Bertz CT molecular complexity index is 282. The van der Waals surface area contributed by atoms with Crippen LogP contribution in [0.1, 0.15) is 20.3 Å². The molecule has 3 heteroatoms. The number of phenols is 1. The monoisotopic (exact) mass is 209 g/mol. The molecular weight excluding hydrogens is 190 g/mol. The molecule has 0 saturated carbocycles. The number of rotatable bonds is 5. The number of aromatic hydroxyl groups is 1. The first kappa shape index (κ1) is 11.9. The second-order valence-electron chi connectivity index (χ2n) is 4.19. The third-order valence-electron chi connectivity index (χ3n) is 2.07. The molecule has 1 rings (SSSR count). The number of phenolic OH excluding ortho intramolecular Hbond substituents is 1. The molecule has 0 aliphatic rings. The highest BCUT2D eigenvalue weighted by Gasteiger charge is 2.06. The highest BCUT2D eigenvalue weighted by molar-refractivity contribution is 5.30. The second-order valence-corrected chi connectivity index (χ2v) is 4.19. The topological polar surface area (TPSA) is 55.5 Å². The van der Waals surface area contributed by atoms with Gasteiger partial charge in [0.25, 0.3) is 0 Å². The van der Waals surface area contributed by atoms with E-state index in [1.807, 2.05) is 0 Å². The third kappa shape index (κ3) is 4.70. The Morgan fingerprint density at radius 2 is 1.87 bits per heavy atom. The van der Waals surface area contributed by atoms with Crippen molar-refractivity contribution in [1.82, 2.24) is 0 Å². The van der Waals surface area contributed by atoms with Gasteiger partial charge in [-0.2, -0.15) is 0 Å². The van der Waals surface area contributed by atoms with E-state index in [9.17, 15) is 0 Å². The van der Waals surface area contributed by atoms with Crippen LogP contribution in [0.5, 0.6) is 11.5 Å². The van der Waals surface area contributed by atoms with Crippen LogP contribution in [0.2, 0.25) is 0 Å². The Balaban J connectivity index is 2.33. The minimum absolute atomic E-state index is 0.0683. The maximum Gasteiger partial charge on any atom is 0.119 e. The van der Waals surface area contributed by atoms with E-state index >= 15 is 0 Å². The van der Waals surface area contributed by atoms with Gasteiger partial charge in [0.05, 0.1) is 0 Å². The summed E-state index contributed by atoms with van der Waals surface area (Å²) in [6.07, 6.45) is 0.956. The largest absolute Gasteiger partial charge is 0.508 e. The zero-order valence-corrected chi connectivity index (χ0v) is 9.31. The molecule has 0 saturated heterocycles. The van der Waals surface area contributed by atoms with Crippen molar-refractivity contribution in [3.8, 4) is 11.5 Å². The minimum atomic E-state index is 0.0683. The van der Waals surface area contributed by atoms with E-state index in [1.54, 1.807) is 24.3 Å². The Kier molecular flexibility index (Phi) is 4.43. The van der Waals surface area contributed by atoms with Crippen LogP contribution in [0.25, 0.3) is 0 Å². The summed E-state index contributed by atoms with van der Waals surface area (Å²) in [5, 5.41) is 9.07. The van der Waals surface area contributed by atoms with Gasteiger partial charge in [0.1, 0.15) is 18.1 Å².